The fourth-order valence-corrected chi connectivity index (χ4v) is 3.19. The number of carbonyl (C=O) groups excluding carboxylic acids is 3. The highest BCUT2D eigenvalue weighted by Gasteiger charge is 2.34. The Morgan fingerprint density at radius 1 is 1.17 bits per heavy atom. The van der Waals surface area contributed by atoms with E-state index in [4.69, 9.17) is 0 Å². The first-order valence-electron chi connectivity index (χ1n) is 7.16. The molecule has 1 aliphatic rings. The van der Waals surface area contributed by atoms with Gasteiger partial charge in [0.1, 0.15) is 0 Å². The van der Waals surface area contributed by atoms with Crippen LogP contribution in [0.5, 0.6) is 0 Å². The summed E-state index contributed by atoms with van der Waals surface area (Å²) in [6, 6.07) is 6.67. The molecule has 6 nitrogen and oxygen atoms in total. The van der Waals surface area contributed by atoms with E-state index in [-0.39, 0.29) is 30.7 Å². The summed E-state index contributed by atoms with van der Waals surface area (Å²) in [5.41, 5.74) is 1.67. The summed E-state index contributed by atoms with van der Waals surface area (Å²) >= 11 is 1.40. The molecule has 0 unspecified atom stereocenters. The van der Waals surface area contributed by atoms with Crippen LogP contribution in [0.1, 0.15) is 37.7 Å². The van der Waals surface area contributed by atoms with Crippen LogP contribution in [0.3, 0.4) is 0 Å². The summed E-state index contributed by atoms with van der Waals surface area (Å²) in [5, 5.41) is 3.23. The van der Waals surface area contributed by atoms with Crippen molar-refractivity contribution in [1.29, 1.82) is 0 Å². The van der Waals surface area contributed by atoms with Gasteiger partial charge in [0.05, 0.1) is 16.8 Å². The fraction of sp³-hybridized carbons (Fsp3) is 0.250. The summed E-state index contributed by atoms with van der Waals surface area (Å²) in [6.45, 7) is 3.86. The van der Waals surface area contributed by atoms with Crippen LogP contribution in [-0.2, 0) is 4.79 Å². The lowest BCUT2D eigenvalue weighted by Gasteiger charge is -2.12. The average molecular weight is 329 g/mol. The molecule has 0 aliphatic carbocycles. The van der Waals surface area contributed by atoms with Crippen molar-refractivity contribution in [2.45, 2.75) is 20.3 Å². The third-order valence-electron chi connectivity index (χ3n) is 3.72. The maximum Gasteiger partial charge on any atom is 0.261 e. The van der Waals surface area contributed by atoms with Gasteiger partial charge in [0.25, 0.3) is 11.8 Å². The normalized spacial score (nSPS) is 13.4. The number of benzene rings is 1. The van der Waals surface area contributed by atoms with Crippen LogP contribution in [0, 0.1) is 13.8 Å². The maximum atomic E-state index is 12.2. The van der Waals surface area contributed by atoms with E-state index in [1.165, 1.54) is 11.3 Å². The Kier molecular flexibility index (Phi) is 3.96. The number of aryl methyl sites for hydroxylation is 2. The Morgan fingerprint density at radius 3 is 2.30 bits per heavy atom. The zero-order chi connectivity index (χ0) is 16.6. The predicted molar refractivity (Wildman–Crippen MR) is 86.6 cm³/mol. The number of amides is 3. The van der Waals surface area contributed by atoms with Gasteiger partial charge in [-0.25, -0.2) is 4.98 Å². The molecule has 118 valence electrons. The molecular weight excluding hydrogens is 314 g/mol. The van der Waals surface area contributed by atoms with Crippen LogP contribution >= 0.6 is 11.3 Å². The Bertz CT molecular complexity index is 758. The zero-order valence-electron chi connectivity index (χ0n) is 12.8. The number of thiazole rings is 1. The maximum absolute atomic E-state index is 12.2. The topological polar surface area (TPSA) is 79.4 Å². The second kappa shape index (κ2) is 5.92. The molecule has 1 aromatic heterocycles. The minimum atomic E-state index is -0.348. The third kappa shape index (κ3) is 2.87. The van der Waals surface area contributed by atoms with Gasteiger partial charge >= 0.3 is 0 Å². The second-order valence-electron chi connectivity index (χ2n) is 5.27. The van der Waals surface area contributed by atoms with E-state index < -0.39 is 0 Å². The van der Waals surface area contributed by atoms with Gasteiger partial charge < -0.3 is 5.32 Å². The number of hydrogen-bond donors (Lipinski definition) is 1. The molecular formula is C16H15N3O3S. The van der Waals surface area contributed by atoms with Crippen molar-refractivity contribution in [3.63, 3.8) is 0 Å². The Morgan fingerprint density at radius 2 is 1.78 bits per heavy atom. The van der Waals surface area contributed by atoms with E-state index in [0.29, 0.717) is 16.3 Å². The highest BCUT2D eigenvalue weighted by molar-refractivity contribution is 7.15. The molecule has 0 radical (unpaired) electrons. The van der Waals surface area contributed by atoms with E-state index in [9.17, 15) is 14.4 Å². The van der Waals surface area contributed by atoms with Crippen LogP contribution in [-0.4, -0.2) is 34.2 Å². The SMILES string of the molecule is Cc1nc(NC(=O)CCN2C(=O)c3ccccc3C2=O)sc1C. The monoisotopic (exact) mass is 329 g/mol. The van der Waals surface area contributed by atoms with Gasteiger partial charge in [-0.2, -0.15) is 0 Å². The third-order valence-corrected chi connectivity index (χ3v) is 4.70. The van der Waals surface area contributed by atoms with Gasteiger partial charge in [-0.15, -0.1) is 11.3 Å². The van der Waals surface area contributed by atoms with Crippen molar-refractivity contribution in [2.75, 3.05) is 11.9 Å². The molecule has 0 saturated carbocycles. The lowest BCUT2D eigenvalue weighted by Crippen LogP contribution is -2.32. The first-order valence-corrected chi connectivity index (χ1v) is 7.98. The largest absolute Gasteiger partial charge is 0.302 e. The zero-order valence-corrected chi connectivity index (χ0v) is 13.6. The van der Waals surface area contributed by atoms with Crippen molar-refractivity contribution in [1.82, 2.24) is 9.88 Å². The lowest BCUT2D eigenvalue weighted by molar-refractivity contribution is -0.116. The number of imide groups is 1. The molecule has 0 saturated heterocycles. The summed E-state index contributed by atoms with van der Waals surface area (Å²) in [6.07, 6.45) is 0.0448. The van der Waals surface area contributed by atoms with Gasteiger partial charge in [0.2, 0.25) is 5.91 Å². The van der Waals surface area contributed by atoms with Crippen molar-refractivity contribution in [3.8, 4) is 0 Å². The molecule has 1 aliphatic heterocycles. The number of carbonyl (C=O) groups is 3. The van der Waals surface area contributed by atoms with Gasteiger partial charge in [-0.1, -0.05) is 12.1 Å². The smallest absolute Gasteiger partial charge is 0.261 e. The summed E-state index contributed by atoms with van der Waals surface area (Å²) in [5.74, 6) is -0.964. The van der Waals surface area contributed by atoms with Gasteiger partial charge in [-0.05, 0) is 26.0 Å². The fourth-order valence-electron chi connectivity index (χ4n) is 2.36. The molecule has 0 atom stereocenters. The van der Waals surface area contributed by atoms with Gasteiger partial charge in [0, 0.05) is 17.8 Å². The minimum Gasteiger partial charge on any atom is -0.302 e. The van der Waals surface area contributed by atoms with Crippen molar-refractivity contribution >= 4 is 34.2 Å². The molecule has 1 N–H and O–H groups in total. The van der Waals surface area contributed by atoms with Crippen LogP contribution in [0.2, 0.25) is 0 Å². The number of aromatic nitrogens is 1. The van der Waals surface area contributed by atoms with Crippen LogP contribution in [0.4, 0.5) is 5.13 Å². The van der Waals surface area contributed by atoms with Crippen molar-refractivity contribution in [2.24, 2.45) is 0 Å². The summed E-state index contributed by atoms with van der Waals surface area (Å²) in [7, 11) is 0. The molecule has 0 bridgehead atoms. The highest BCUT2D eigenvalue weighted by atomic mass is 32.1. The van der Waals surface area contributed by atoms with E-state index in [1.54, 1.807) is 24.3 Å². The number of fused-ring (bicyclic) bond motifs is 1. The van der Waals surface area contributed by atoms with Gasteiger partial charge in [-0.3, -0.25) is 19.3 Å². The number of nitrogens with zero attached hydrogens (tertiary/aromatic N) is 2. The molecule has 2 heterocycles. The van der Waals surface area contributed by atoms with Crippen LogP contribution in [0.25, 0.3) is 0 Å². The number of hydrogen-bond acceptors (Lipinski definition) is 5. The predicted octanol–water partition coefficient (Wildman–Crippen LogP) is 2.38. The standard InChI is InChI=1S/C16H15N3O3S/c1-9-10(2)23-16(17-9)18-13(20)7-8-19-14(21)11-5-3-4-6-12(11)15(19)22/h3-6H,7-8H2,1-2H3,(H,17,18,20). The summed E-state index contributed by atoms with van der Waals surface area (Å²) < 4.78 is 0. The van der Waals surface area contributed by atoms with Crippen LogP contribution in [0.15, 0.2) is 24.3 Å². The molecule has 0 fully saturated rings. The summed E-state index contributed by atoms with van der Waals surface area (Å²) in [4.78, 5) is 42.7. The number of rotatable bonds is 4. The highest BCUT2D eigenvalue weighted by Crippen LogP contribution is 2.23. The number of nitrogens with one attached hydrogen (secondary N) is 1. The van der Waals surface area contributed by atoms with Crippen molar-refractivity contribution in [3.05, 3.63) is 46.0 Å². The number of anilines is 1. The van der Waals surface area contributed by atoms with Gasteiger partial charge in [0.15, 0.2) is 5.13 Å². The first-order chi connectivity index (χ1) is 11.0. The molecule has 1 aromatic carbocycles. The molecule has 3 amide bonds. The van der Waals surface area contributed by atoms with E-state index in [0.717, 1.165) is 15.5 Å². The molecule has 0 spiro atoms. The molecule has 7 heteroatoms. The van der Waals surface area contributed by atoms with E-state index in [2.05, 4.69) is 10.3 Å². The van der Waals surface area contributed by atoms with E-state index >= 15 is 0 Å². The van der Waals surface area contributed by atoms with Crippen LogP contribution < -0.4 is 5.32 Å². The lowest BCUT2D eigenvalue weighted by atomic mass is 10.1. The quantitative estimate of drug-likeness (QED) is 0.874. The molecule has 23 heavy (non-hydrogen) atoms. The average Bonchev–Trinajstić information content (AvgIpc) is 2.96. The Labute approximate surface area is 137 Å². The molecule has 2 aromatic rings. The Hall–Kier alpha value is -2.54. The second-order valence-corrected chi connectivity index (χ2v) is 6.47. The first kappa shape index (κ1) is 15.4. The minimum absolute atomic E-state index is 0.0448. The van der Waals surface area contributed by atoms with E-state index in [1.807, 2.05) is 13.8 Å². The molecule has 3 rings (SSSR count). The Balaban J connectivity index is 1.62. The van der Waals surface area contributed by atoms with Crippen molar-refractivity contribution < 1.29 is 14.4 Å².